The summed E-state index contributed by atoms with van der Waals surface area (Å²) in [6.45, 7) is 10.1. The van der Waals surface area contributed by atoms with E-state index >= 15 is 0 Å². The first-order valence-electron chi connectivity index (χ1n) is 9.87. The molecule has 7 heteroatoms. The predicted molar refractivity (Wildman–Crippen MR) is 103 cm³/mol. The van der Waals surface area contributed by atoms with Crippen LogP contribution in [0.1, 0.15) is 53.4 Å². The number of carbonyl (C=O) groups excluding carboxylic acids is 3. The molecule has 1 heterocycles. The van der Waals surface area contributed by atoms with Gasteiger partial charge in [0.1, 0.15) is 5.60 Å². The van der Waals surface area contributed by atoms with Crippen molar-refractivity contribution in [2.75, 3.05) is 32.7 Å². The first-order valence-corrected chi connectivity index (χ1v) is 9.87. The molecule has 0 bridgehead atoms. The summed E-state index contributed by atoms with van der Waals surface area (Å²) < 4.78 is 5.15. The van der Waals surface area contributed by atoms with E-state index in [2.05, 4.69) is 5.32 Å². The third-order valence-corrected chi connectivity index (χ3v) is 4.74. The molecule has 0 atom stereocenters. The Morgan fingerprint density at radius 3 is 2.33 bits per heavy atom. The number of alkyl carbamates (subject to hydrolysis) is 1. The molecule has 0 spiro atoms. The molecule has 1 saturated heterocycles. The average molecular weight is 380 g/mol. The minimum atomic E-state index is -0.554. The molecule has 0 unspecified atom stereocenters. The fourth-order valence-electron chi connectivity index (χ4n) is 3.07. The number of carbonyl (C=O) groups is 3. The van der Waals surface area contributed by atoms with E-state index in [1.807, 2.05) is 11.8 Å². The Kier molecular flexibility index (Phi) is 7.27. The summed E-state index contributed by atoms with van der Waals surface area (Å²) in [5.74, 6) is 0.641. The number of hydrogen-bond acceptors (Lipinski definition) is 4. The zero-order valence-electron chi connectivity index (χ0n) is 17.0. The summed E-state index contributed by atoms with van der Waals surface area (Å²) in [4.78, 5) is 40.0. The van der Waals surface area contributed by atoms with Gasteiger partial charge in [-0.3, -0.25) is 9.59 Å². The Morgan fingerprint density at radius 2 is 1.70 bits per heavy atom. The van der Waals surface area contributed by atoms with Crippen molar-refractivity contribution >= 4 is 17.9 Å². The Balaban J connectivity index is 1.73. The van der Waals surface area contributed by atoms with Gasteiger partial charge in [0.25, 0.3) is 0 Å². The topological polar surface area (TPSA) is 79.0 Å². The highest BCUT2D eigenvalue weighted by molar-refractivity contribution is 5.88. The van der Waals surface area contributed by atoms with Gasteiger partial charge in [0.2, 0.25) is 11.8 Å². The molecule has 2 aliphatic rings. The van der Waals surface area contributed by atoms with Crippen molar-refractivity contribution in [3.63, 3.8) is 0 Å². The van der Waals surface area contributed by atoms with Gasteiger partial charge < -0.3 is 19.9 Å². The zero-order valence-corrected chi connectivity index (χ0v) is 17.0. The Morgan fingerprint density at radius 1 is 1.07 bits per heavy atom. The van der Waals surface area contributed by atoms with Gasteiger partial charge in [0.05, 0.1) is 0 Å². The van der Waals surface area contributed by atoms with Gasteiger partial charge >= 0.3 is 6.09 Å². The van der Waals surface area contributed by atoms with Crippen molar-refractivity contribution in [3.8, 4) is 0 Å². The molecule has 3 amide bonds. The van der Waals surface area contributed by atoms with Crippen LogP contribution in [0.3, 0.4) is 0 Å². The zero-order chi connectivity index (χ0) is 20.0. The van der Waals surface area contributed by atoms with E-state index in [0.29, 0.717) is 32.1 Å². The maximum atomic E-state index is 12.4. The quantitative estimate of drug-likeness (QED) is 0.744. The van der Waals surface area contributed by atoms with Crippen molar-refractivity contribution in [2.45, 2.75) is 59.0 Å². The van der Waals surface area contributed by atoms with E-state index in [4.69, 9.17) is 4.74 Å². The molecule has 2 fully saturated rings. The molecule has 1 aliphatic carbocycles. The maximum Gasteiger partial charge on any atom is 0.407 e. The van der Waals surface area contributed by atoms with E-state index in [9.17, 15) is 14.4 Å². The van der Waals surface area contributed by atoms with E-state index in [1.165, 1.54) is 18.4 Å². The Bertz CT molecular complexity index is 591. The van der Waals surface area contributed by atoms with Gasteiger partial charge in [-0.15, -0.1) is 0 Å². The fraction of sp³-hybridized carbons (Fsp3) is 0.750. The number of nitrogens with zero attached hydrogens (tertiary/aromatic N) is 2. The van der Waals surface area contributed by atoms with Crippen LogP contribution in [0.4, 0.5) is 4.79 Å². The van der Waals surface area contributed by atoms with Crippen LogP contribution in [0.25, 0.3) is 0 Å². The van der Waals surface area contributed by atoms with Crippen LogP contribution >= 0.6 is 0 Å². The van der Waals surface area contributed by atoms with Crippen LogP contribution in [0, 0.1) is 5.92 Å². The lowest BCUT2D eigenvalue weighted by atomic mass is 10.2. The van der Waals surface area contributed by atoms with Gasteiger partial charge in [0, 0.05) is 45.2 Å². The minimum Gasteiger partial charge on any atom is -0.444 e. The second-order valence-electron chi connectivity index (χ2n) is 8.40. The number of amides is 3. The second kappa shape index (κ2) is 9.24. The highest BCUT2D eigenvalue weighted by Crippen LogP contribution is 2.36. The highest BCUT2D eigenvalue weighted by Gasteiger charge is 2.25. The van der Waals surface area contributed by atoms with Crippen LogP contribution in [0.5, 0.6) is 0 Å². The third kappa shape index (κ3) is 7.61. The summed E-state index contributed by atoms with van der Waals surface area (Å²) >= 11 is 0. The standard InChI is InChI=1S/C20H33N3O4/c1-15(16-6-7-16)14-18(25)23-11-5-10-22(12-13-23)17(24)8-9-21-19(26)27-20(2,3)4/h14,16H,5-13H2,1-4H3,(H,21,26)/b15-14+. The molecule has 1 aliphatic heterocycles. The number of ether oxygens (including phenoxy) is 1. The molecular formula is C20H33N3O4. The van der Waals surface area contributed by atoms with Gasteiger partial charge in [0.15, 0.2) is 0 Å². The predicted octanol–water partition coefficient (Wildman–Crippen LogP) is 2.32. The van der Waals surface area contributed by atoms with Crippen LogP contribution in [0.15, 0.2) is 11.6 Å². The minimum absolute atomic E-state index is 0.00920. The van der Waals surface area contributed by atoms with E-state index in [-0.39, 0.29) is 24.8 Å². The number of allylic oxidation sites excluding steroid dienone is 1. The number of rotatable bonds is 5. The number of nitrogens with one attached hydrogen (secondary N) is 1. The lowest BCUT2D eigenvalue weighted by molar-refractivity contribution is -0.131. The lowest BCUT2D eigenvalue weighted by Crippen LogP contribution is -2.39. The highest BCUT2D eigenvalue weighted by atomic mass is 16.6. The molecular weight excluding hydrogens is 346 g/mol. The SMILES string of the molecule is C/C(=C\C(=O)N1CCCN(C(=O)CCNC(=O)OC(C)(C)C)CC1)C1CC1. The third-order valence-electron chi connectivity index (χ3n) is 4.74. The summed E-state index contributed by atoms with van der Waals surface area (Å²) in [7, 11) is 0. The lowest BCUT2D eigenvalue weighted by Gasteiger charge is -2.22. The van der Waals surface area contributed by atoms with Gasteiger partial charge in [-0.25, -0.2) is 4.79 Å². The second-order valence-corrected chi connectivity index (χ2v) is 8.40. The molecule has 0 aromatic carbocycles. The molecule has 0 aromatic heterocycles. The first kappa shape index (κ1) is 21.3. The molecule has 0 radical (unpaired) electrons. The smallest absolute Gasteiger partial charge is 0.407 e. The van der Waals surface area contributed by atoms with E-state index in [1.54, 1.807) is 31.7 Å². The molecule has 1 N–H and O–H groups in total. The van der Waals surface area contributed by atoms with Crippen LogP contribution in [0.2, 0.25) is 0 Å². The average Bonchev–Trinajstić information content (AvgIpc) is 3.39. The van der Waals surface area contributed by atoms with Crippen molar-refractivity contribution in [1.82, 2.24) is 15.1 Å². The van der Waals surface area contributed by atoms with Crippen molar-refractivity contribution in [2.24, 2.45) is 5.92 Å². The molecule has 7 nitrogen and oxygen atoms in total. The van der Waals surface area contributed by atoms with Gasteiger partial charge in [-0.2, -0.15) is 0 Å². The summed E-state index contributed by atoms with van der Waals surface area (Å²) in [5.41, 5.74) is 0.617. The van der Waals surface area contributed by atoms with Crippen molar-refractivity contribution in [3.05, 3.63) is 11.6 Å². The van der Waals surface area contributed by atoms with Crippen molar-refractivity contribution in [1.29, 1.82) is 0 Å². The summed E-state index contributed by atoms with van der Waals surface area (Å²) in [6.07, 6.45) is 4.63. The van der Waals surface area contributed by atoms with E-state index < -0.39 is 11.7 Å². The largest absolute Gasteiger partial charge is 0.444 e. The van der Waals surface area contributed by atoms with Crippen LogP contribution < -0.4 is 5.32 Å². The molecule has 0 aromatic rings. The Hall–Kier alpha value is -2.05. The van der Waals surface area contributed by atoms with Gasteiger partial charge in [-0.1, -0.05) is 5.57 Å². The molecule has 152 valence electrons. The Labute approximate surface area is 162 Å². The first-order chi connectivity index (χ1) is 12.7. The van der Waals surface area contributed by atoms with Gasteiger partial charge in [-0.05, 0) is 52.9 Å². The van der Waals surface area contributed by atoms with Crippen LogP contribution in [-0.4, -0.2) is 66.0 Å². The normalized spacial score (nSPS) is 18.7. The van der Waals surface area contributed by atoms with Crippen LogP contribution in [-0.2, 0) is 14.3 Å². The fourth-order valence-corrected chi connectivity index (χ4v) is 3.07. The summed E-state index contributed by atoms with van der Waals surface area (Å²) in [5, 5.41) is 2.61. The molecule has 1 saturated carbocycles. The summed E-state index contributed by atoms with van der Waals surface area (Å²) in [6, 6.07) is 0. The van der Waals surface area contributed by atoms with E-state index in [0.717, 1.165) is 6.42 Å². The number of hydrogen-bond donors (Lipinski definition) is 1. The maximum absolute atomic E-state index is 12.4. The molecule has 27 heavy (non-hydrogen) atoms. The molecule has 2 rings (SSSR count). The monoisotopic (exact) mass is 379 g/mol. The van der Waals surface area contributed by atoms with Crippen molar-refractivity contribution < 1.29 is 19.1 Å².